The zero-order valence-corrected chi connectivity index (χ0v) is 33.4. The lowest BCUT2D eigenvalue weighted by Crippen LogP contribution is -2.52. The van der Waals surface area contributed by atoms with Crippen molar-refractivity contribution in [2.24, 2.45) is 0 Å². The number of nitrogens with zero attached hydrogens (tertiary/aromatic N) is 4. The molecule has 0 saturated carbocycles. The molecule has 0 spiro atoms. The van der Waals surface area contributed by atoms with Crippen molar-refractivity contribution in [1.82, 2.24) is 20.0 Å². The van der Waals surface area contributed by atoms with Crippen LogP contribution in [0, 0.1) is 0 Å². The Labute approximate surface area is 337 Å². The molecule has 2 heterocycles. The predicted octanol–water partition coefficient (Wildman–Crippen LogP) is 8.15. The molecule has 58 heavy (non-hydrogen) atoms. The topological polar surface area (TPSA) is 176 Å². The van der Waals surface area contributed by atoms with Gasteiger partial charge in [0.25, 0.3) is 0 Å². The van der Waals surface area contributed by atoms with Crippen LogP contribution in [0.1, 0.15) is 53.7 Å². The van der Waals surface area contributed by atoms with Crippen molar-refractivity contribution >= 4 is 48.9 Å². The van der Waals surface area contributed by atoms with Crippen LogP contribution in [-0.2, 0) is 32.8 Å². The SMILES string of the molecule is CC(=O)c1ccccc1S(=O)(=O)c1ccc(NC(=O)N(Cc2cccnc2)N(Cc2cccnc2)C(=O)Nc2ccc(S(=O)(=O)c3cccc(C(C)C)c3)cc2)cc1. The Morgan fingerprint density at radius 1 is 0.586 bits per heavy atom. The molecule has 6 aromatic rings. The zero-order valence-electron chi connectivity index (χ0n) is 31.8. The second kappa shape index (κ2) is 17.6. The van der Waals surface area contributed by atoms with E-state index >= 15 is 0 Å². The van der Waals surface area contributed by atoms with Gasteiger partial charge in [0.2, 0.25) is 19.7 Å². The molecule has 0 radical (unpaired) electrons. The number of carbonyl (C=O) groups excluding carboxylic acids is 3. The average Bonchev–Trinajstić information content (AvgIpc) is 3.23. The summed E-state index contributed by atoms with van der Waals surface area (Å²) in [6.45, 7) is 5.02. The van der Waals surface area contributed by atoms with Gasteiger partial charge in [-0.2, -0.15) is 0 Å². The van der Waals surface area contributed by atoms with E-state index in [0.29, 0.717) is 11.1 Å². The maximum absolute atomic E-state index is 14.2. The van der Waals surface area contributed by atoms with E-state index in [-0.39, 0.29) is 55.5 Å². The first-order chi connectivity index (χ1) is 27.7. The van der Waals surface area contributed by atoms with Gasteiger partial charge < -0.3 is 10.6 Å². The van der Waals surface area contributed by atoms with Crippen LogP contribution in [0.3, 0.4) is 0 Å². The Morgan fingerprint density at radius 3 is 1.55 bits per heavy atom. The highest BCUT2D eigenvalue weighted by atomic mass is 32.2. The number of benzene rings is 4. The summed E-state index contributed by atoms with van der Waals surface area (Å²) in [5.41, 5.74) is 2.61. The second-order valence-electron chi connectivity index (χ2n) is 13.5. The van der Waals surface area contributed by atoms with Gasteiger partial charge in [0.05, 0.1) is 32.7 Å². The highest BCUT2D eigenvalue weighted by Gasteiger charge is 2.29. The number of anilines is 2. The largest absolute Gasteiger partial charge is 0.341 e. The first-order valence-electron chi connectivity index (χ1n) is 18.1. The van der Waals surface area contributed by atoms with Crippen molar-refractivity contribution in [2.75, 3.05) is 10.6 Å². The summed E-state index contributed by atoms with van der Waals surface area (Å²) in [6, 6.07) is 29.3. The molecule has 0 atom stereocenters. The third-order valence-electron chi connectivity index (χ3n) is 9.09. The molecule has 0 bridgehead atoms. The van der Waals surface area contributed by atoms with Gasteiger partial charge in [-0.15, -0.1) is 0 Å². The minimum absolute atomic E-state index is 0.0399. The summed E-state index contributed by atoms with van der Waals surface area (Å²) in [5.74, 6) is -0.264. The summed E-state index contributed by atoms with van der Waals surface area (Å²) in [6.07, 6.45) is 6.25. The number of urea groups is 2. The first-order valence-corrected chi connectivity index (χ1v) is 21.1. The molecule has 0 saturated heterocycles. The number of rotatable bonds is 12. The number of hydrazine groups is 1. The minimum Gasteiger partial charge on any atom is -0.306 e. The van der Waals surface area contributed by atoms with Crippen molar-refractivity contribution in [3.8, 4) is 0 Å². The van der Waals surface area contributed by atoms with E-state index in [0.717, 1.165) is 5.56 Å². The number of hydrogen-bond donors (Lipinski definition) is 2. The van der Waals surface area contributed by atoms with Gasteiger partial charge in [0.15, 0.2) is 5.78 Å². The van der Waals surface area contributed by atoms with Crippen molar-refractivity contribution in [2.45, 2.75) is 59.4 Å². The van der Waals surface area contributed by atoms with E-state index in [9.17, 15) is 31.2 Å². The third-order valence-corrected chi connectivity index (χ3v) is 12.7. The average molecular weight is 817 g/mol. The molecule has 4 aromatic carbocycles. The smallest absolute Gasteiger partial charge is 0.306 e. The van der Waals surface area contributed by atoms with Gasteiger partial charge in [-0.05, 0) is 108 Å². The summed E-state index contributed by atoms with van der Waals surface area (Å²) in [4.78, 5) is 48.9. The van der Waals surface area contributed by atoms with E-state index < -0.39 is 37.5 Å². The molecular formula is C43H40N6O7S2. The van der Waals surface area contributed by atoms with Crippen molar-refractivity contribution in [3.05, 3.63) is 168 Å². The van der Waals surface area contributed by atoms with Crippen LogP contribution in [0.25, 0.3) is 0 Å². The maximum atomic E-state index is 14.2. The summed E-state index contributed by atoms with van der Waals surface area (Å²) in [7, 11) is -7.95. The fourth-order valence-corrected chi connectivity index (χ4v) is 8.79. The van der Waals surface area contributed by atoms with E-state index in [1.807, 2.05) is 19.9 Å². The van der Waals surface area contributed by atoms with Crippen LogP contribution in [0.4, 0.5) is 21.0 Å². The standard InChI is InChI=1S/C43H40N6O7S2/c1-30(2)34-11-6-12-39(25-34)57(53,54)37-19-15-35(16-20-37)46-42(51)48(28-32-9-7-23-44-26-32)49(29-33-10-8-24-45-27-33)43(52)47-36-17-21-38(22-18-36)58(55,56)41-14-5-4-13-40(41)31(3)50/h4-27,30H,28-29H2,1-3H3,(H,46,51)(H,47,52). The highest BCUT2D eigenvalue weighted by molar-refractivity contribution is 7.91. The number of sulfone groups is 2. The molecule has 0 fully saturated rings. The molecule has 15 heteroatoms. The Balaban J connectivity index is 1.28. The normalized spacial score (nSPS) is 11.4. The Kier molecular flexibility index (Phi) is 12.4. The molecular weight excluding hydrogens is 777 g/mol. The lowest BCUT2D eigenvalue weighted by atomic mass is 10.0. The van der Waals surface area contributed by atoms with Gasteiger partial charge in [-0.25, -0.2) is 36.4 Å². The number of Topliss-reactive ketones (excluding diaryl/α,β-unsaturated/α-hetero) is 1. The summed E-state index contributed by atoms with van der Waals surface area (Å²) < 4.78 is 54.1. The monoisotopic (exact) mass is 816 g/mol. The number of pyridine rings is 2. The first kappa shape index (κ1) is 40.9. The molecule has 2 N–H and O–H groups in total. The fraction of sp³-hybridized carbons (Fsp3) is 0.140. The molecule has 6 rings (SSSR count). The number of amides is 4. The van der Waals surface area contributed by atoms with Crippen molar-refractivity contribution in [1.29, 1.82) is 0 Å². The maximum Gasteiger partial charge on any atom is 0.341 e. The number of hydrogen-bond acceptors (Lipinski definition) is 9. The van der Waals surface area contributed by atoms with Gasteiger partial charge in [0.1, 0.15) is 0 Å². The molecule has 2 aromatic heterocycles. The van der Waals surface area contributed by atoms with Crippen LogP contribution in [0.2, 0.25) is 0 Å². The number of ketones is 1. The van der Waals surface area contributed by atoms with Crippen LogP contribution in [-0.4, -0.2) is 54.7 Å². The fourth-order valence-electron chi connectivity index (χ4n) is 5.97. The van der Waals surface area contributed by atoms with E-state index in [1.54, 1.807) is 73.3 Å². The van der Waals surface area contributed by atoms with E-state index in [2.05, 4.69) is 20.6 Å². The quantitative estimate of drug-likeness (QED) is 0.0912. The Hall–Kier alpha value is -6.71. The van der Waals surface area contributed by atoms with Gasteiger partial charge >= 0.3 is 12.1 Å². The lowest BCUT2D eigenvalue weighted by molar-refractivity contribution is 0.0466. The number of nitrogens with one attached hydrogen (secondary N) is 2. The molecule has 0 aliphatic carbocycles. The third kappa shape index (κ3) is 9.45. The summed E-state index contributed by atoms with van der Waals surface area (Å²) >= 11 is 0. The molecule has 4 amide bonds. The van der Waals surface area contributed by atoms with E-state index in [1.165, 1.54) is 83.7 Å². The van der Waals surface area contributed by atoms with Gasteiger partial charge in [-0.3, -0.25) is 14.8 Å². The van der Waals surface area contributed by atoms with Crippen LogP contribution < -0.4 is 10.6 Å². The predicted molar refractivity (Wildman–Crippen MR) is 218 cm³/mol. The van der Waals surface area contributed by atoms with Crippen molar-refractivity contribution in [3.63, 3.8) is 0 Å². The zero-order chi connectivity index (χ0) is 41.5. The molecule has 0 aliphatic rings. The van der Waals surface area contributed by atoms with Crippen molar-refractivity contribution < 1.29 is 31.2 Å². The molecule has 13 nitrogen and oxygen atoms in total. The van der Waals surface area contributed by atoms with Gasteiger partial charge in [0, 0.05) is 41.7 Å². The number of carbonyl (C=O) groups is 3. The van der Waals surface area contributed by atoms with E-state index in [4.69, 9.17) is 0 Å². The molecule has 0 unspecified atom stereocenters. The Bertz CT molecular complexity index is 2640. The summed E-state index contributed by atoms with van der Waals surface area (Å²) in [5, 5.41) is 7.90. The molecule has 296 valence electrons. The molecule has 0 aliphatic heterocycles. The second-order valence-corrected chi connectivity index (χ2v) is 17.4. The lowest BCUT2D eigenvalue weighted by Gasteiger charge is -2.35. The minimum atomic E-state index is -4.09. The Morgan fingerprint density at radius 2 is 1.09 bits per heavy atom. The highest BCUT2D eigenvalue weighted by Crippen LogP contribution is 2.28. The number of aromatic nitrogens is 2. The van der Waals surface area contributed by atoms with Crippen LogP contribution in [0.5, 0.6) is 0 Å². The van der Waals surface area contributed by atoms with Gasteiger partial charge in [-0.1, -0.05) is 56.3 Å². The van der Waals surface area contributed by atoms with Crippen LogP contribution >= 0.6 is 0 Å². The van der Waals surface area contributed by atoms with Crippen LogP contribution in [0.15, 0.2) is 166 Å².